The van der Waals surface area contributed by atoms with Crippen LogP contribution < -0.4 is 5.32 Å². The minimum Gasteiger partial charge on any atom is -0.392 e. The van der Waals surface area contributed by atoms with Crippen LogP contribution in [0.3, 0.4) is 0 Å². The highest BCUT2D eigenvalue weighted by molar-refractivity contribution is 7.16. The molecule has 1 saturated heterocycles. The van der Waals surface area contributed by atoms with Gasteiger partial charge in [0.05, 0.1) is 28.6 Å². The number of anilines is 1. The molecule has 0 bridgehead atoms. The number of benzene rings is 1. The van der Waals surface area contributed by atoms with Crippen molar-refractivity contribution in [1.82, 2.24) is 29.2 Å². The quantitative estimate of drug-likeness (QED) is 0.259. The first-order valence-electron chi connectivity index (χ1n) is 13.0. The number of carbonyl (C=O) groups is 2. The Morgan fingerprint density at radius 2 is 2.10 bits per heavy atom. The zero-order valence-corrected chi connectivity index (χ0v) is 23.4. The molecule has 0 saturated carbocycles. The average Bonchev–Trinajstić information content (AvgIpc) is 3.73. The van der Waals surface area contributed by atoms with Gasteiger partial charge in [-0.3, -0.25) is 14.9 Å². The van der Waals surface area contributed by atoms with Crippen molar-refractivity contribution >= 4 is 40.1 Å². The van der Waals surface area contributed by atoms with E-state index in [9.17, 15) is 20.0 Å². The summed E-state index contributed by atoms with van der Waals surface area (Å²) in [4.78, 5) is 37.5. The fourth-order valence-corrected chi connectivity index (χ4v) is 5.67. The molecule has 3 aromatic heterocycles. The third-order valence-electron chi connectivity index (χ3n) is 6.64. The Hall–Kier alpha value is -4.34. The molecule has 1 unspecified atom stereocenters. The largest absolute Gasteiger partial charge is 0.392 e. The Bertz CT molecular complexity index is 1620. The molecule has 12 heteroatoms. The Kier molecular flexibility index (Phi) is 7.51. The second-order valence-corrected chi connectivity index (χ2v) is 11.9. The van der Waals surface area contributed by atoms with Gasteiger partial charge in [0.2, 0.25) is 5.95 Å². The summed E-state index contributed by atoms with van der Waals surface area (Å²) in [5.74, 6) is -0.262. The van der Waals surface area contributed by atoms with E-state index in [2.05, 4.69) is 26.5 Å². The lowest BCUT2D eigenvalue weighted by Crippen LogP contribution is -2.39. The maximum atomic E-state index is 13.4. The number of nitriles is 1. The molecule has 0 aliphatic carbocycles. The van der Waals surface area contributed by atoms with Gasteiger partial charge in [0.1, 0.15) is 29.3 Å². The van der Waals surface area contributed by atoms with Crippen LogP contribution in [0.5, 0.6) is 0 Å². The predicted octanol–water partition coefficient (Wildman–Crippen LogP) is 3.91. The topological polar surface area (TPSA) is 142 Å². The number of hydrogen-bond donors (Lipinski definition) is 2. The Balaban J connectivity index is 1.45. The molecule has 40 heavy (non-hydrogen) atoms. The van der Waals surface area contributed by atoms with Gasteiger partial charge in [0.25, 0.3) is 11.8 Å². The van der Waals surface area contributed by atoms with Crippen LogP contribution in [0, 0.1) is 16.7 Å². The monoisotopic (exact) mass is 558 g/mol. The van der Waals surface area contributed by atoms with Gasteiger partial charge >= 0.3 is 0 Å². The van der Waals surface area contributed by atoms with Crippen LogP contribution in [0.2, 0.25) is 0 Å². The minimum atomic E-state index is -0.325. The maximum absolute atomic E-state index is 13.4. The lowest BCUT2D eigenvalue weighted by Gasteiger charge is -2.26. The van der Waals surface area contributed by atoms with E-state index < -0.39 is 0 Å². The third kappa shape index (κ3) is 5.66. The van der Waals surface area contributed by atoms with Crippen molar-refractivity contribution in [3.05, 3.63) is 65.1 Å². The van der Waals surface area contributed by atoms with Crippen LogP contribution >= 0.6 is 11.3 Å². The smallest absolute Gasteiger partial charge is 0.268 e. The van der Waals surface area contributed by atoms with E-state index in [4.69, 9.17) is 0 Å². The van der Waals surface area contributed by atoms with Crippen molar-refractivity contribution < 1.29 is 14.7 Å². The number of nitrogens with one attached hydrogen (secondary N) is 1. The number of carbonyl (C=O) groups excluding carboxylic acids is 2. The van der Waals surface area contributed by atoms with Gasteiger partial charge in [-0.1, -0.05) is 32.9 Å². The Labute approximate surface area is 235 Å². The zero-order valence-electron chi connectivity index (χ0n) is 22.5. The van der Waals surface area contributed by atoms with Gasteiger partial charge in [-0.25, -0.2) is 14.6 Å². The van der Waals surface area contributed by atoms with Crippen LogP contribution in [0.15, 0.2) is 54.6 Å². The molecule has 5 rings (SSSR count). The highest BCUT2D eigenvalue weighted by Gasteiger charge is 2.32. The van der Waals surface area contributed by atoms with Crippen molar-refractivity contribution in [1.29, 1.82) is 5.26 Å². The molecule has 1 aliphatic rings. The molecule has 2 N–H and O–H groups in total. The average molecular weight is 559 g/mol. The Morgan fingerprint density at radius 3 is 2.80 bits per heavy atom. The molecule has 11 nitrogen and oxygen atoms in total. The second-order valence-electron chi connectivity index (χ2n) is 10.8. The van der Waals surface area contributed by atoms with E-state index in [-0.39, 0.29) is 35.5 Å². The summed E-state index contributed by atoms with van der Waals surface area (Å²) in [7, 11) is 0. The predicted molar refractivity (Wildman–Crippen MR) is 151 cm³/mol. The number of thiophene rings is 1. The van der Waals surface area contributed by atoms with Gasteiger partial charge in [-0.15, -0.1) is 11.3 Å². The summed E-state index contributed by atoms with van der Waals surface area (Å²) in [6.07, 6.45) is 6.28. The lowest BCUT2D eigenvalue weighted by atomic mass is 9.93. The number of aliphatic hydroxyl groups excluding tert-OH is 1. The van der Waals surface area contributed by atoms with Crippen LogP contribution in [0.25, 0.3) is 16.0 Å². The first-order chi connectivity index (χ1) is 19.2. The van der Waals surface area contributed by atoms with Gasteiger partial charge < -0.3 is 14.6 Å². The fourth-order valence-electron chi connectivity index (χ4n) is 4.85. The van der Waals surface area contributed by atoms with Crippen LogP contribution in [-0.4, -0.2) is 58.7 Å². The molecule has 4 heterocycles. The number of aliphatic hydroxyl groups is 1. The van der Waals surface area contributed by atoms with E-state index in [1.54, 1.807) is 40.2 Å². The third-order valence-corrected chi connectivity index (χ3v) is 7.71. The van der Waals surface area contributed by atoms with Crippen molar-refractivity contribution in [2.75, 3.05) is 11.9 Å². The molecule has 206 valence electrons. The summed E-state index contributed by atoms with van der Waals surface area (Å²) < 4.78 is 3.48. The second kappa shape index (κ2) is 11.0. The molecule has 1 fully saturated rings. The Morgan fingerprint density at radius 1 is 1.27 bits per heavy atom. The van der Waals surface area contributed by atoms with Crippen LogP contribution in [0.1, 0.15) is 48.8 Å². The van der Waals surface area contributed by atoms with Gasteiger partial charge in [0.15, 0.2) is 0 Å². The van der Waals surface area contributed by atoms with E-state index in [1.807, 2.05) is 37.5 Å². The fraction of sp³-hybridized carbons (Fsp3) is 0.357. The summed E-state index contributed by atoms with van der Waals surface area (Å²) >= 11 is 1.27. The van der Waals surface area contributed by atoms with Crippen molar-refractivity contribution in [2.45, 2.75) is 52.8 Å². The summed E-state index contributed by atoms with van der Waals surface area (Å²) in [5, 5.41) is 27.2. The van der Waals surface area contributed by atoms with Gasteiger partial charge in [-0.05, 0) is 48.1 Å². The van der Waals surface area contributed by atoms with E-state index >= 15 is 0 Å². The molecular weight excluding hydrogens is 528 g/mol. The number of aromatic nitrogens is 5. The highest BCUT2D eigenvalue weighted by Crippen LogP contribution is 2.29. The summed E-state index contributed by atoms with van der Waals surface area (Å²) in [6, 6.07) is 10.9. The van der Waals surface area contributed by atoms with E-state index in [0.717, 1.165) is 23.4 Å². The van der Waals surface area contributed by atoms with Crippen LogP contribution in [-0.2, 0) is 17.9 Å². The van der Waals surface area contributed by atoms with Crippen molar-refractivity contribution in [3.8, 4) is 11.1 Å². The molecule has 1 atom stereocenters. The van der Waals surface area contributed by atoms with E-state index in [0.29, 0.717) is 35.0 Å². The molecule has 0 radical (unpaired) electrons. The first kappa shape index (κ1) is 27.2. The molecule has 4 aromatic rings. The van der Waals surface area contributed by atoms with E-state index in [1.165, 1.54) is 17.7 Å². The number of nitrogens with zero attached hydrogens (tertiary/aromatic N) is 7. The summed E-state index contributed by atoms with van der Waals surface area (Å²) in [6.45, 7) is 6.67. The first-order valence-corrected chi connectivity index (χ1v) is 13.8. The zero-order chi connectivity index (χ0) is 28.4. The molecular formula is C28H30N8O3S. The summed E-state index contributed by atoms with van der Waals surface area (Å²) in [5.41, 5.74) is 1.92. The number of fused-ring (bicyclic) bond motifs is 1. The number of likely N-dealkylation sites (tertiary alicyclic amines) is 1. The van der Waals surface area contributed by atoms with Gasteiger partial charge in [0, 0.05) is 13.1 Å². The molecule has 1 aliphatic heterocycles. The van der Waals surface area contributed by atoms with Gasteiger partial charge in [-0.2, -0.15) is 10.4 Å². The number of allylic oxidation sites excluding steroid dienone is 1. The minimum absolute atomic E-state index is 0.132. The standard InChI is InChI=1S/C28H30N8O3S/c1-28(2,3)12-19(13-29)26(39)34-10-4-5-20(34)14-35-22-7-6-18(15-37)11-21(22)32-27(35)33-25(38)23-8-9-24(40-23)36-17-30-16-31-36/h6-9,11-12,16-17,20,37H,4-5,10,14-15H2,1-3H3,(H,32,33,38). The number of hydrogen-bond acceptors (Lipinski definition) is 8. The molecule has 2 amide bonds. The SMILES string of the molecule is CC(C)(C)C=C(C#N)C(=O)N1CCCC1Cn1c(NC(=O)c2ccc(-n3cncn3)s2)nc2cc(CO)ccc21. The number of rotatable bonds is 7. The van der Waals surface area contributed by atoms with Crippen LogP contribution in [0.4, 0.5) is 5.95 Å². The lowest BCUT2D eigenvalue weighted by molar-refractivity contribution is -0.127. The maximum Gasteiger partial charge on any atom is 0.268 e. The molecule has 1 aromatic carbocycles. The van der Waals surface area contributed by atoms with Crippen molar-refractivity contribution in [2.24, 2.45) is 5.41 Å². The van der Waals surface area contributed by atoms with Crippen molar-refractivity contribution in [3.63, 3.8) is 0 Å². The number of amides is 2. The highest BCUT2D eigenvalue weighted by atomic mass is 32.1. The number of imidazole rings is 1. The normalized spacial score (nSPS) is 15.9. The molecule has 0 spiro atoms.